The highest BCUT2D eigenvalue weighted by Gasteiger charge is 2.46. The number of para-hydroxylation sites is 1. The molecule has 9 nitrogen and oxygen atoms in total. The van der Waals surface area contributed by atoms with E-state index in [0.717, 1.165) is 0 Å². The van der Waals surface area contributed by atoms with E-state index in [4.69, 9.17) is 9.47 Å². The van der Waals surface area contributed by atoms with Crippen LogP contribution in [0.3, 0.4) is 0 Å². The standard InChI is InChI=1S/C15H19NO8/c1-7(18)16-11-13(20)12(19)10(6-17)24-15(11)23-9-5-3-2-4-8(9)14(21)22/h2-5,10-13,15,17,19-20H,6H2,1H3,(H,16,18)(H,21,22)/t10-,11+,12+,13+,15-/m1/s1. The van der Waals surface area contributed by atoms with Gasteiger partial charge in [-0.3, -0.25) is 4.79 Å². The zero-order valence-corrected chi connectivity index (χ0v) is 12.8. The highest BCUT2D eigenvalue weighted by molar-refractivity contribution is 5.90. The van der Waals surface area contributed by atoms with Gasteiger partial charge >= 0.3 is 5.97 Å². The smallest absolute Gasteiger partial charge is 0.339 e. The summed E-state index contributed by atoms with van der Waals surface area (Å²) in [5.74, 6) is -1.76. The second kappa shape index (κ2) is 7.58. The molecule has 0 unspecified atom stereocenters. The van der Waals surface area contributed by atoms with Crippen molar-refractivity contribution in [2.24, 2.45) is 0 Å². The highest BCUT2D eigenvalue weighted by Crippen LogP contribution is 2.26. The molecule has 24 heavy (non-hydrogen) atoms. The van der Waals surface area contributed by atoms with E-state index in [9.17, 15) is 30.0 Å². The second-order valence-electron chi connectivity index (χ2n) is 5.35. The van der Waals surface area contributed by atoms with Crippen molar-refractivity contribution in [1.82, 2.24) is 5.32 Å². The average molecular weight is 341 g/mol. The van der Waals surface area contributed by atoms with Crippen LogP contribution >= 0.6 is 0 Å². The summed E-state index contributed by atoms with van der Waals surface area (Å²) >= 11 is 0. The van der Waals surface area contributed by atoms with Crippen LogP contribution in [0.2, 0.25) is 0 Å². The molecule has 1 aliphatic rings. The predicted molar refractivity (Wildman–Crippen MR) is 79.4 cm³/mol. The molecule has 0 saturated carbocycles. The fourth-order valence-corrected chi connectivity index (χ4v) is 2.44. The number of carboxylic acids is 1. The van der Waals surface area contributed by atoms with Crippen molar-refractivity contribution in [2.45, 2.75) is 37.6 Å². The van der Waals surface area contributed by atoms with Crippen molar-refractivity contribution in [3.63, 3.8) is 0 Å². The Morgan fingerprint density at radius 1 is 1.25 bits per heavy atom. The largest absolute Gasteiger partial charge is 0.478 e. The Morgan fingerprint density at radius 2 is 1.92 bits per heavy atom. The molecule has 9 heteroatoms. The lowest BCUT2D eigenvalue weighted by atomic mass is 9.97. The summed E-state index contributed by atoms with van der Waals surface area (Å²) in [5, 5.41) is 40.9. The monoisotopic (exact) mass is 341 g/mol. The topological polar surface area (TPSA) is 146 Å². The third-order valence-electron chi connectivity index (χ3n) is 3.61. The average Bonchev–Trinajstić information content (AvgIpc) is 2.54. The Balaban J connectivity index is 2.30. The van der Waals surface area contributed by atoms with Crippen LogP contribution in [0.15, 0.2) is 24.3 Å². The minimum Gasteiger partial charge on any atom is -0.478 e. The van der Waals surface area contributed by atoms with Crippen molar-refractivity contribution in [3.05, 3.63) is 29.8 Å². The molecule has 132 valence electrons. The molecular weight excluding hydrogens is 322 g/mol. The lowest BCUT2D eigenvalue weighted by Crippen LogP contribution is -2.65. The maximum atomic E-state index is 11.3. The molecule has 0 spiro atoms. The number of hydrogen-bond donors (Lipinski definition) is 5. The van der Waals surface area contributed by atoms with Gasteiger partial charge in [-0.05, 0) is 12.1 Å². The maximum Gasteiger partial charge on any atom is 0.339 e. The van der Waals surface area contributed by atoms with Crippen LogP contribution in [0.4, 0.5) is 0 Å². The van der Waals surface area contributed by atoms with Gasteiger partial charge in [0, 0.05) is 6.92 Å². The van der Waals surface area contributed by atoms with Gasteiger partial charge in [-0.2, -0.15) is 0 Å². The first-order chi connectivity index (χ1) is 11.3. The first-order valence-corrected chi connectivity index (χ1v) is 7.23. The van der Waals surface area contributed by atoms with Crippen LogP contribution in [0, 0.1) is 0 Å². The summed E-state index contributed by atoms with van der Waals surface area (Å²) in [7, 11) is 0. The summed E-state index contributed by atoms with van der Waals surface area (Å²) < 4.78 is 10.9. The first-order valence-electron chi connectivity index (χ1n) is 7.23. The number of rotatable bonds is 5. The van der Waals surface area contributed by atoms with Gasteiger partial charge in [-0.1, -0.05) is 12.1 Å². The number of amides is 1. The van der Waals surface area contributed by atoms with Crippen LogP contribution < -0.4 is 10.1 Å². The molecule has 1 heterocycles. The molecular formula is C15H19NO8. The molecule has 5 N–H and O–H groups in total. The molecule has 0 radical (unpaired) electrons. The van der Waals surface area contributed by atoms with Gasteiger partial charge in [0.1, 0.15) is 35.7 Å². The zero-order valence-electron chi connectivity index (χ0n) is 12.8. The van der Waals surface area contributed by atoms with E-state index in [1.165, 1.54) is 25.1 Å². The Hall–Kier alpha value is -2.20. The summed E-state index contributed by atoms with van der Waals surface area (Å²) in [6, 6.07) is 4.62. The highest BCUT2D eigenvalue weighted by atomic mass is 16.7. The fraction of sp³-hybridized carbons (Fsp3) is 0.467. The van der Waals surface area contributed by atoms with E-state index in [-0.39, 0.29) is 11.3 Å². The lowest BCUT2D eigenvalue weighted by Gasteiger charge is -2.42. The Labute approximate surface area is 137 Å². The van der Waals surface area contributed by atoms with E-state index in [0.29, 0.717) is 0 Å². The Kier molecular flexibility index (Phi) is 5.73. The number of hydrogen-bond acceptors (Lipinski definition) is 7. The Morgan fingerprint density at radius 3 is 2.50 bits per heavy atom. The number of benzene rings is 1. The van der Waals surface area contributed by atoms with Gasteiger partial charge in [-0.25, -0.2) is 4.79 Å². The third kappa shape index (κ3) is 3.82. The quantitative estimate of drug-likeness (QED) is 0.445. The predicted octanol–water partition coefficient (Wildman–Crippen LogP) is -1.29. The van der Waals surface area contributed by atoms with E-state index < -0.39 is 49.1 Å². The van der Waals surface area contributed by atoms with E-state index in [2.05, 4.69) is 5.32 Å². The summed E-state index contributed by atoms with van der Waals surface area (Å²) in [5.41, 5.74) is -0.135. The number of aliphatic hydroxyl groups excluding tert-OH is 3. The van der Waals surface area contributed by atoms with E-state index >= 15 is 0 Å². The molecule has 5 atom stereocenters. The number of ether oxygens (including phenoxy) is 2. The normalized spacial score (nSPS) is 29.8. The molecule has 1 aromatic rings. The molecule has 1 saturated heterocycles. The number of aromatic carboxylic acids is 1. The number of carbonyl (C=O) groups is 2. The Bertz CT molecular complexity index is 607. The van der Waals surface area contributed by atoms with Crippen molar-refractivity contribution >= 4 is 11.9 Å². The molecule has 1 amide bonds. The molecule has 1 fully saturated rings. The van der Waals surface area contributed by atoms with Gasteiger partial charge in [0.15, 0.2) is 0 Å². The summed E-state index contributed by atoms with van der Waals surface area (Å²) in [6.07, 6.45) is -5.36. The van der Waals surface area contributed by atoms with E-state index in [1.807, 2.05) is 0 Å². The number of carboxylic acid groups (broad SMARTS) is 1. The minimum atomic E-state index is -1.47. The number of carbonyl (C=O) groups excluding carboxylic acids is 1. The minimum absolute atomic E-state index is 0.0365. The van der Waals surface area contributed by atoms with Crippen LogP contribution in [-0.2, 0) is 9.53 Å². The zero-order chi connectivity index (χ0) is 17.9. The van der Waals surface area contributed by atoms with Crippen molar-refractivity contribution in [2.75, 3.05) is 6.61 Å². The molecule has 1 aromatic carbocycles. The third-order valence-corrected chi connectivity index (χ3v) is 3.61. The first kappa shape index (κ1) is 18.1. The van der Waals surface area contributed by atoms with Crippen molar-refractivity contribution in [1.29, 1.82) is 0 Å². The van der Waals surface area contributed by atoms with Gasteiger partial charge in [0.2, 0.25) is 12.2 Å². The fourth-order valence-electron chi connectivity index (χ4n) is 2.44. The van der Waals surface area contributed by atoms with Gasteiger partial charge < -0.3 is 35.2 Å². The van der Waals surface area contributed by atoms with Crippen LogP contribution in [0.1, 0.15) is 17.3 Å². The number of aliphatic hydroxyl groups is 3. The second-order valence-corrected chi connectivity index (χ2v) is 5.35. The molecule has 0 aliphatic carbocycles. The molecule has 1 aliphatic heterocycles. The van der Waals surface area contributed by atoms with Crippen LogP contribution in [-0.4, -0.2) is 69.6 Å². The van der Waals surface area contributed by atoms with Crippen LogP contribution in [0.25, 0.3) is 0 Å². The summed E-state index contributed by atoms with van der Waals surface area (Å²) in [4.78, 5) is 22.6. The summed E-state index contributed by atoms with van der Waals surface area (Å²) in [6.45, 7) is 0.616. The van der Waals surface area contributed by atoms with Crippen LogP contribution in [0.5, 0.6) is 5.75 Å². The van der Waals surface area contributed by atoms with Crippen molar-refractivity contribution in [3.8, 4) is 5.75 Å². The van der Waals surface area contributed by atoms with Gasteiger partial charge in [0.05, 0.1) is 6.61 Å². The van der Waals surface area contributed by atoms with Gasteiger partial charge in [-0.15, -0.1) is 0 Å². The number of nitrogens with one attached hydrogen (secondary N) is 1. The van der Waals surface area contributed by atoms with Gasteiger partial charge in [0.25, 0.3) is 0 Å². The van der Waals surface area contributed by atoms with Crippen molar-refractivity contribution < 1.29 is 39.5 Å². The van der Waals surface area contributed by atoms with E-state index in [1.54, 1.807) is 6.07 Å². The lowest BCUT2D eigenvalue weighted by molar-refractivity contribution is -0.244. The molecule has 0 aromatic heterocycles. The molecule has 2 rings (SSSR count). The maximum absolute atomic E-state index is 11.3. The molecule has 0 bridgehead atoms. The SMILES string of the molecule is CC(=O)N[C@@H]1[C@H](Oc2ccccc2C(=O)O)O[C@H](CO)[C@H](O)[C@H]1O.